The fourth-order valence-electron chi connectivity index (χ4n) is 0.817. The Morgan fingerprint density at radius 1 is 1.50 bits per heavy atom. The lowest BCUT2D eigenvalue weighted by molar-refractivity contribution is 0.628. The third-order valence-electron chi connectivity index (χ3n) is 1.39. The zero-order valence-electron chi connectivity index (χ0n) is 6.29. The topological polar surface area (TPSA) is 49.8 Å². The minimum atomic E-state index is -0.359. The summed E-state index contributed by atoms with van der Waals surface area (Å²) < 4.78 is 12.6. The van der Waals surface area contributed by atoms with Crippen LogP contribution in [0.4, 0.5) is 10.1 Å². The van der Waals surface area contributed by atoms with Gasteiger partial charge in [-0.2, -0.15) is 5.26 Å². The Kier molecular flexibility index (Phi) is 2.44. The molecule has 3 heteroatoms. The van der Waals surface area contributed by atoms with Gasteiger partial charge >= 0.3 is 0 Å². The van der Waals surface area contributed by atoms with Crippen molar-refractivity contribution in [2.75, 3.05) is 5.73 Å². The van der Waals surface area contributed by atoms with Gasteiger partial charge in [-0.15, -0.1) is 0 Å². The van der Waals surface area contributed by atoms with Gasteiger partial charge in [-0.25, -0.2) is 4.39 Å². The lowest BCUT2D eigenvalue weighted by Gasteiger charge is -1.98. The van der Waals surface area contributed by atoms with Crippen LogP contribution in [0.2, 0.25) is 0 Å². The molecule has 0 radical (unpaired) electrons. The molecular weight excluding hydrogens is 155 g/mol. The summed E-state index contributed by atoms with van der Waals surface area (Å²) in [5.74, 6) is -0.359. The molecular formula is C9H7FN2. The second-order valence-electron chi connectivity index (χ2n) is 2.24. The van der Waals surface area contributed by atoms with Crippen LogP contribution in [0.3, 0.4) is 0 Å². The highest BCUT2D eigenvalue weighted by atomic mass is 19.1. The molecule has 0 atom stereocenters. The molecule has 60 valence electrons. The van der Waals surface area contributed by atoms with Gasteiger partial charge in [0.2, 0.25) is 0 Å². The highest BCUT2D eigenvalue weighted by molar-refractivity contribution is 5.65. The third kappa shape index (κ3) is 1.83. The van der Waals surface area contributed by atoms with E-state index in [1.807, 2.05) is 0 Å². The number of rotatable bonds is 1. The van der Waals surface area contributed by atoms with Gasteiger partial charge in [0.05, 0.1) is 6.07 Å². The van der Waals surface area contributed by atoms with E-state index >= 15 is 0 Å². The molecule has 0 bridgehead atoms. The predicted molar refractivity (Wildman–Crippen MR) is 45.5 cm³/mol. The summed E-state index contributed by atoms with van der Waals surface area (Å²) in [6.07, 6.45) is 2.73. The second kappa shape index (κ2) is 3.54. The van der Waals surface area contributed by atoms with Crippen molar-refractivity contribution < 1.29 is 4.39 Å². The van der Waals surface area contributed by atoms with Gasteiger partial charge in [0, 0.05) is 17.3 Å². The molecule has 0 aliphatic heterocycles. The summed E-state index contributed by atoms with van der Waals surface area (Å²) in [5, 5.41) is 8.22. The first-order valence-corrected chi connectivity index (χ1v) is 3.35. The maximum absolute atomic E-state index is 12.6. The van der Waals surface area contributed by atoms with Crippen molar-refractivity contribution in [1.29, 1.82) is 5.26 Å². The maximum atomic E-state index is 12.6. The summed E-state index contributed by atoms with van der Waals surface area (Å²) in [4.78, 5) is 0. The van der Waals surface area contributed by atoms with Crippen LogP contribution in [-0.2, 0) is 0 Å². The zero-order chi connectivity index (χ0) is 8.97. The number of nitrogen functional groups attached to an aromatic ring is 1. The molecule has 0 unspecified atom stereocenters. The van der Waals surface area contributed by atoms with Crippen LogP contribution < -0.4 is 5.73 Å². The molecule has 0 aliphatic rings. The molecule has 0 aliphatic carbocycles. The van der Waals surface area contributed by atoms with Crippen LogP contribution in [0.15, 0.2) is 24.3 Å². The lowest BCUT2D eigenvalue weighted by Crippen LogP contribution is -1.89. The van der Waals surface area contributed by atoms with Crippen LogP contribution in [0.5, 0.6) is 0 Å². The Hall–Kier alpha value is -1.82. The largest absolute Gasteiger partial charge is 0.398 e. The van der Waals surface area contributed by atoms with Crippen molar-refractivity contribution in [2.24, 2.45) is 0 Å². The lowest BCUT2D eigenvalue weighted by atomic mass is 10.1. The van der Waals surface area contributed by atoms with Gasteiger partial charge in [0.15, 0.2) is 0 Å². The van der Waals surface area contributed by atoms with Crippen LogP contribution in [0, 0.1) is 17.1 Å². The van der Waals surface area contributed by atoms with Gasteiger partial charge in [-0.05, 0) is 24.3 Å². The molecule has 0 spiro atoms. The highest BCUT2D eigenvalue weighted by Gasteiger charge is 1.95. The molecule has 2 N–H and O–H groups in total. The van der Waals surface area contributed by atoms with Crippen LogP contribution >= 0.6 is 0 Å². The predicted octanol–water partition coefficient (Wildman–Crippen LogP) is 1.94. The van der Waals surface area contributed by atoms with Crippen molar-refractivity contribution in [3.63, 3.8) is 0 Å². The van der Waals surface area contributed by atoms with Crippen molar-refractivity contribution in [3.8, 4) is 6.07 Å². The fraction of sp³-hybridized carbons (Fsp3) is 0. The minimum absolute atomic E-state index is 0.359. The number of allylic oxidation sites excluding steroid dienone is 1. The molecule has 2 nitrogen and oxygen atoms in total. The van der Waals surface area contributed by atoms with E-state index in [4.69, 9.17) is 11.0 Å². The smallest absolute Gasteiger partial charge is 0.123 e. The molecule has 1 rings (SSSR count). The molecule has 0 fully saturated rings. The third-order valence-corrected chi connectivity index (χ3v) is 1.39. The van der Waals surface area contributed by atoms with Crippen LogP contribution in [-0.4, -0.2) is 0 Å². The number of nitrogens with zero attached hydrogens (tertiary/aromatic N) is 1. The molecule has 1 aromatic rings. The van der Waals surface area contributed by atoms with Gasteiger partial charge in [-0.3, -0.25) is 0 Å². The Bertz CT molecular complexity index is 350. The van der Waals surface area contributed by atoms with Crippen molar-refractivity contribution in [1.82, 2.24) is 0 Å². The van der Waals surface area contributed by atoms with Gasteiger partial charge in [-0.1, -0.05) is 0 Å². The Balaban J connectivity index is 3.07. The first kappa shape index (κ1) is 8.28. The number of benzene rings is 1. The summed E-state index contributed by atoms with van der Waals surface area (Å²) in [6.45, 7) is 0. The van der Waals surface area contributed by atoms with E-state index in [-0.39, 0.29) is 5.82 Å². The Labute approximate surface area is 69.7 Å². The maximum Gasteiger partial charge on any atom is 0.123 e. The second-order valence-corrected chi connectivity index (χ2v) is 2.24. The van der Waals surface area contributed by atoms with E-state index in [9.17, 15) is 4.39 Å². The standard InChI is InChI=1S/C9H7FN2/c10-8-3-4-9(12)7(6-8)2-1-5-11/h1-4,6H,12H2. The number of hydrogen-bond acceptors (Lipinski definition) is 2. The van der Waals surface area contributed by atoms with E-state index in [1.165, 1.54) is 30.4 Å². The SMILES string of the molecule is N#CC=Cc1cc(F)ccc1N. The molecule has 0 heterocycles. The van der Waals surface area contributed by atoms with E-state index in [1.54, 1.807) is 6.07 Å². The average molecular weight is 162 g/mol. The number of nitrogens with two attached hydrogens (primary N) is 1. The van der Waals surface area contributed by atoms with E-state index in [0.29, 0.717) is 11.3 Å². The first-order chi connectivity index (χ1) is 5.74. The first-order valence-electron chi connectivity index (χ1n) is 3.35. The highest BCUT2D eigenvalue weighted by Crippen LogP contribution is 2.14. The monoisotopic (exact) mass is 162 g/mol. The van der Waals surface area contributed by atoms with E-state index < -0.39 is 0 Å². The van der Waals surface area contributed by atoms with Gasteiger partial charge in [0.25, 0.3) is 0 Å². The molecule has 1 aromatic carbocycles. The Morgan fingerprint density at radius 2 is 2.25 bits per heavy atom. The van der Waals surface area contributed by atoms with Crippen molar-refractivity contribution in [3.05, 3.63) is 35.7 Å². The summed E-state index contributed by atoms with van der Waals surface area (Å²) in [7, 11) is 0. The number of nitriles is 1. The number of hydrogen-bond donors (Lipinski definition) is 1. The molecule has 0 saturated heterocycles. The summed E-state index contributed by atoms with van der Waals surface area (Å²) in [6, 6.07) is 5.83. The average Bonchev–Trinajstić information content (AvgIpc) is 2.07. The van der Waals surface area contributed by atoms with Crippen LogP contribution in [0.1, 0.15) is 5.56 Å². The van der Waals surface area contributed by atoms with Gasteiger partial charge < -0.3 is 5.73 Å². The van der Waals surface area contributed by atoms with Crippen LogP contribution in [0.25, 0.3) is 6.08 Å². The van der Waals surface area contributed by atoms with Gasteiger partial charge in [0.1, 0.15) is 5.82 Å². The van der Waals surface area contributed by atoms with E-state index in [2.05, 4.69) is 0 Å². The summed E-state index contributed by atoms with van der Waals surface area (Å²) >= 11 is 0. The number of halogens is 1. The van der Waals surface area contributed by atoms with E-state index in [0.717, 1.165) is 0 Å². The minimum Gasteiger partial charge on any atom is -0.398 e. The zero-order valence-corrected chi connectivity index (χ0v) is 6.29. The van der Waals surface area contributed by atoms with Crippen molar-refractivity contribution >= 4 is 11.8 Å². The molecule has 0 aromatic heterocycles. The number of anilines is 1. The molecule has 12 heavy (non-hydrogen) atoms. The summed E-state index contributed by atoms with van der Waals surface area (Å²) in [5.41, 5.74) is 6.49. The molecule has 0 amide bonds. The normalized spacial score (nSPS) is 10.0. The molecule has 0 saturated carbocycles. The van der Waals surface area contributed by atoms with Crippen molar-refractivity contribution in [2.45, 2.75) is 0 Å². The quantitative estimate of drug-likeness (QED) is 0.506. The fourth-order valence-corrected chi connectivity index (χ4v) is 0.817. The Morgan fingerprint density at radius 3 is 2.92 bits per heavy atom.